The average molecular weight is 570 g/mol. The minimum absolute atomic E-state index is 0.157. The average Bonchev–Trinajstić information content (AvgIpc) is 2.95. The first-order valence-corrected chi connectivity index (χ1v) is 9.76. The normalized spacial score (nSPS) is 23.1. The zero-order chi connectivity index (χ0) is 18.1. The van der Waals surface area contributed by atoms with Crippen LogP contribution in [0.5, 0.6) is 0 Å². The van der Waals surface area contributed by atoms with Gasteiger partial charge in [0.15, 0.2) is 0 Å². The van der Waals surface area contributed by atoms with Gasteiger partial charge in [-0.25, -0.2) is 4.79 Å². The molecule has 0 spiro atoms. The van der Waals surface area contributed by atoms with E-state index in [0.29, 0.717) is 3.57 Å². The van der Waals surface area contributed by atoms with Gasteiger partial charge in [0.1, 0.15) is 12.3 Å². The molecular weight excluding hydrogens is 554 g/mol. The van der Waals surface area contributed by atoms with Crippen molar-refractivity contribution in [2.24, 2.45) is 0 Å². The third-order valence-electron chi connectivity index (χ3n) is 4.08. The lowest BCUT2D eigenvalue weighted by molar-refractivity contribution is -0.0463. The SMILES string of the molecule is O=c1c(I)cn([C@H]2C[C@H](O)[C@@H](CO)O2)c(=O)n1Cc1cccc(I)c1. The summed E-state index contributed by atoms with van der Waals surface area (Å²) in [5, 5.41) is 19.1. The quantitative estimate of drug-likeness (QED) is 0.534. The topological polar surface area (TPSA) is 93.7 Å². The third-order valence-corrected chi connectivity index (χ3v) is 5.49. The van der Waals surface area contributed by atoms with Gasteiger partial charge in [-0.2, -0.15) is 0 Å². The fourth-order valence-electron chi connectivity index (χ4n) is 2.80. The number of rotatable bonds is 4. The molecule has 25 heavy (non-hydrogen) atoms. The molecule has 7 nitrogen and oxygen atoms in total. The van der Waals surface area contributed by atoms with Gasteiger partial charge in [0.05, 0.1) is 22.8 Å². The molecule has 1 aliphatic heterocycles. The third kappa shape index (κ3) is 3.99. The van der Waals surface area contributed by atoms with E-state index < -0.39 is 24.1 Å². The fraction of sp³-hybridized carbons (Fsp3) is 0.375. The fourth-order valence-corrected chi connectivity index (χ4v) is 4.00. The molecule has 0 bridgehead atoms. The molecule has 134 valence electrons. The molecule has 1 aliphatic rings. The molecule has 1 aromatic carbocycles. The van der Waals surface area contributed by atoms with Gasteiger partial charge in [0.2, 0.25) is 0 Å². The first-order chi connectivity index (χ1) is 11.9. The number of benzene rings is 1. The second kappa shape index (κ2) is 7.86. The smallest absolute Gasteiger partial charge is 0.333 e. The molecule has 3 atom stereocenters. The standard InChI is InChI=1S/C16H16I2N2O5/c17-10-3-1-2-9(4-10)6-20-15(23)11(18)7-19(16(20)24)14-5-12(22)13(8-21)25-14/h1-4,7,12-14,21-22H,5-6,8H2/t12-,13+,14+/m0/s1. The molecule has 0 aliphatic carbocycles. The molecule has 2 N–H and O–H groups in total. The van der Waals surface area contributed by atoms with Gasteiger partial charge in [-0.15, -0.1) is 0 Å². The van der Waals surface area contributed by atoms with E-state index in [-0.39, 0.29) is 25.1 Å². The highest BCUT2D eigenvalue weighted by Gasteiger charge is 2.35. The van der Waals surface area contributed by atoms with E-state index in [1.807, 2.05) is 46.9 Å². The van der Waals surface area contributed by atoms with Crippen molar-refractivity contribution < 1.29 is 14.9 Å². The van der Waals surface area contributed by atoms with Crippen LogP contribution in [0.2, 0.25) is 0 Å². The van der Waals surface area contributed by atoms with Crippen molar-refractivity contribution in [1.29, 1.82) is 0 Å². The minimum atomic E-state index is -0.851. The number of nitrogens with zero attached hydrogens (tertiary/aromatic N) is 2. The van der Waals surface area contributed by atoms with Crippen LogP contribution in [-0.4, -0.2) is 38.2 Å². The highest BCUT2D eigenvalue weighted by molar-refractivity contribution is 14.1. The van der Waals surface area contributed by atoms with E-state index in [1.54, 1.807) is 0 Å². The van der Waals surface area contributed by atoms with Gasteiger partial charge in [0, 0.05) is 16.2 Å². The highest BCUT2D eigenvalue weighted by Crippen LogP contribution is 2.27. The van der Waals surface area contributed by atoms with Crippen LogP contribution in [0, 0.1) is 7.14 Å². The molecule has 0 saturated carbocycles. The summed E-state index contributed by atoms with van der Waals surface area (Å²) >= 11 is 4.06. The van der Waals surface area contributed by atoms with Crippen LogP contribution in [0.4, 0.5) is 0 Å². The molecule has 1 saturated heterocycles. The van der Waals surface area contributed by atoms with Crippen molar-refractivity contribution in [3.63, 3.8) is 0 Å². The summed E-state index contributed by atoms with van der Waals surface area (Å²) in [6.45, 7) is -0.171. The van der Waals surface area contributed by atoms with Crippen LogP contribution in [-0.2, 0) is 11.3 Å². The van der Waals surface area contributed by atoms with Crippen molar-refractivity contribution >= 4 is 45.2 Å². The van der Waals surface area contributed by atoms with Crippen molar-refractivity contribution in [3.05, 3.63) is 64.0 Å². The Morgan fingerprint density at radius 1 is 1.28 bits per heavy atom. The molecule has 0 radical (unpaired) electrons. The van der Waals surface area contributed by atoms with E-state index in [0.717, 1.165) is 13.7 Å². The van der Waals surface area contributed by atoms with Crippen LogP contribution in [0.1, 0.15) is 18.2 Å². The molecule has 3 rings (SSSR count). The Morgan fingerprint density at radius 3 is 2.68 bits per heavy atom. The lowest BCUT2D eigenvalue weighted by Gasteiger charge is -2.17. The van der Waals surface area contributed by atoms with Crippen molar-refractivity contribution in [1.82, 2.24) is 9.13 Å². The number of aromatic nitrogens is 2. The van der Waals surface area contributed by atoms with Crippen LogP contribution < -0.4 is 11.2 Å². The maximum Gasteiger partial charge on any atom is 0.333 e. The summed E-state index contributed by atoms with van der Waals surface area (Å²) in [4.78, 5) is 25.3. The van der Waals surface area contributed by atoms with Gasteiger partial charge in [-0.3, -0.25) is 13.9 Å². The van der Waals surface area contributed by atoms with Crippen molar-refractivity contribution in [3.8, 4) is 0 Å². The van der Waals surface area contributed by atoms with Crippen molar-refractivity contribution in [2.45, 2.75) is 31.4 Å². The van der Waals surface area contributed by atoms with Gasteiger partial charge in [-0.1, -0.05) is 12.1 Å². The number of halogens is 2. The summed E-state index contributed by atoms with van der Waals surface area (Å²) in [5.41, 5.74) is -0.0155. The number of ether oxygens (including phenoxy) is 1. The number of hydrogen-bond donors (Lipinski definition) is 2. The van der Waals surface area contributed by atoms with Gasteiger partial charge in [0.25, 0.3) is 5.56 Å². The predicted octanol–water partition coefficient (Wildman–Crippen LogP) is 0.908. The lowest BCUT2D eigenvalue weighted by atomic mass is 10.2. The Balaban J connectivity index is 2.01. The zero-order valence-corrected chi connectivity index (χ0v) is 17.3. The summed E-state index contributed by atoms with van der Waals surface area (Å²) in [6.07, 6.45) is -0.673. The summed E-state index contributed by atoms with van der Waals surface area (Å²) in [5.74, 6) is 0. The summed E-state index contributed by atoms with van der Waals surface area (Å²) < 4.78 is 9.43. The van der Waals surface area contributed by atoms with Crippen LogP contribution in [0.3, 0.4) is 0 Å². The Bertz CT molecular complexity index is 895. The van der Waals surface area contributed by atoms with Crippen molar-refractivity contribution in [2.75, 3.05) is 6.61 Å². The maximum absolute atomic E-state index is 12.8. The second-order valence-electron chi connectivity index (χ2n) is 5.80. The molecule has 9 heteroatoms. The van der Waals surface area contributed by atoms with Gasteiger partial charge < -0.3 is 14.9 Å². The van der Waals surface area contributed by atoms with Gasteiger partial charge >= 0.3 is 5.69 Å². The molecule has 1 aromatic heterocycles. The first kappa shape index (κ1) is 19.0. The molecule has 1 fully saturated rings. The molecule has 2 heterocycles. The molecule has 0 amide bonds. The predicted molar refractivity (Wildman–Crippen MR) is 108 cm³/mol. The first-order valence-electron chi connectivity index (χ1n) is 7.61. The largest absolute Gasteiger partial charge is 0.394 e. The highest BCUT2D eigenvalue weighted by atomic mass is 127. The van der Waals surface area contributed by atoms with Crippen LogP contribution in [0.15, 0.2) is 40.1 Å². The second-order valence-corrected chi connectivity index (χ2v) is 8.21. The Hall–Kier alpha value is -0.760. The number of aliphatic hydroxyl groups excluding tert-OH is 2. The van der Waals surface area contributed by atoms with E-state index in [9.17, 15) is 19.8 Å². The molecular formula is C16H16I2N2O5. The van der Waals surface area contributed by atoms with E-state index in [2.05, 4.69) is 22.6 Å². The number of aliphatic hydroxyl groups is 2. The number of hydrogen-bond acceptors (Lipinski definition) is 5. The summed E-state index contributed by atoms with van der Waals surface area (Å²) in [6, 6.07) is 7.57. The minimum Gasteiger partial charge on any atom is -0.394 e. The van der Waals surface area contributed by atoms with Crippen LogP contribution in [0.25, 0.3) is 0 Å². The lowest BCUT2D eigenvalue weighted by Crippen LogP contribution is -2.42. The monoisotopic (exact) mass is 570 g/mol. The molecule has 0 unspecified atom stereocenters. The Labute approximate surface area is 170 Å². The summed E-state index contributed by atoms with van der Waals surface area (Å²) in [7, 11) is 0. The Kier molecular flexibility index (Phi) is 5.98. The van der Waals surface area contributed by atoms with Gasteiger partial charge in [-0.05, 0) is 62.9 Å². The Morgan fingerprint density at radius 2 is 2.04 bits per heavy atom. The van der Waals surface area contributed by atoms with E-state index >= 15 is 0 Å². The maximum atomic E-state index is 12.8. The van der Waals surface area contributed by atoms with Crippen LogP contribution >= 0.6 is 45.2 Å². The van der Waals surface area contributed by atoms with E-state index in [4.69, 9.17) is 4.74 Å². The zero-order valence-electron chi connectivity index (χ0n) is 13.0. The van der Waals surface area contributed by atoms with E-state index in [1.165, 1.54) is 10.8 Å². The molecule has 2 aromatic rings.